The van der Waals surface area contributed by atoms with Crippen LogP contribution in [-0.4, -0.2) is 79.9 Å². The summed E-state index contributed by atoms with van der Waals surface area (Å²) in [6.07, 6.45) is 0.436. The number of hydrogen-bond acceptors (Lipinski definition) is 9. The summed E-state index contributed by atoms with van der Waals surface area (Å²) in [5, 5.41) is 22.9. The highest BCUT2D eigenvalue weighted by atomic mass is 19.1. The maximum absolute atomic E-state index is 15.0. The lowest BCUT2D eigenvalue weighted by Crippen LogP contribution is -2.46. The average Bonchev–Trinajstić information content (AvgIpc) is 3.79. The van der Waals surface area contributed by atoms with Gasteiger partial charge in [-0.2, -0.15) is 9.78 Å². The SMILES string of the molecule is CCC(C)n1cnn(-c2ccc(N3CCN(c4ccc(OC[C@H](CO)O[C@H](c5ccc(F)cc5F)n5nnc6ccccc65)cc4)CC3)cc2)c1=O. The van der Waals surface area contributed by atoms with Gasteiger partial charge < -0.3 is 24.4 Å². The number of aromatic nitrogens is 6. The first-order chi connectivity index (χ1) is 25.3. The molecule has 1 aliphatic rings. The maximum atomic E-state index is 15.0. The lowest BCUT2D eigenvalue weighted by molar-refractivity contribution is -0.0759. The highest BCUT2D eigenvalue weighted by Crippen LogP contribution is 2.29. The molecule has 270 valence electrons. The number of piperazine rings is 1. The summed E-state index contributed by atoms with van der Waals surface area (Å²) in [5.41, 5.74) is 3.94. The molecular formula is C38H40F2N8O4. The molecule has 3 heterocycles. The highest BCUT2D eigenvalue weighted by Gasteiger charge is 2.27. The standard InChI is InChI=1S/C38H40F2N8O4/c1-3-26(2)46-25-41-47(38(46)50)30-11-9-28(10-12-30)44-18-20-45(21-19-44)29-13-15-31(16-14-29)51-24-32(23-49)52-37(33-17-8-27(39)22-34(33)40)48-36-7-5-4-6-35(36)42-43-48/h4-17,22,25-26,32,37,49H,3,18-21,23-24H2,1-2H3/t26?,32-,37+/m0/s1. The Labute approximate surface area is 299 Å². The molecule has 12 nitrogen and oxygen atoms in total. The number of ether oxygens (including phenoxy) is 2. The zero-order valence-corrected chi connectivity index (χ0v) is 28.9. The molecule has 0 radical (unpaired) electrons. The second-order valence-electron chi connectivity index (χ2n) is 12.8. The predicted molar refractivity (Wildman–Crippen MR) is 193 cm³/mol. The predicted octanol–water partition coefficient (Wildman–Crippen LogP) is 5.36. The van der Waals surface area contributed by atoms with Gasteiger partial charge in [0.1, 0.15) is 41.9 Å². The van der Waals surface area contributed by atoms with E-state index in [1.807, 2.05) is 68.4 Å². The average molecular weight is 711 g/mol. The van der Waals surface area contributed by atoms with Crippen LogP contribution in [0.1, 0.15) is 38.1 Å². The molecule has 3 atom stereocenters. The minimum atomic E-state index is -1.14. The van der Waals surface area contributed by atoms with E-state index in [1.165, 1.54) is 15.4 Å². The molecule has 1 aliphatic heterocycles. The Morgan fingerprint density at radius 2 is 1.52 bits per heavy atom. The molecular weight excluding hydrogens is 670 g/mol. The van der Waals surface area contributed by atoms with Crippen LogP contribution in [0, 0.1) is 11.6 Å². The number of halogens is 2. The fraction of sp³-hybridized carbons (Fsp3) is 0.316. The number of aliphatic hydroxyl groups excluding tert-OH is 1. The molecule has 0 spiro atoms. The van der Waals surface area contributed by atoms with Gasteiger partial charge in [-0.25, -0.2) is 18.3 Å². The topological polar surface area (TPSA) is 116 Å². The van der Waals surface area contributed by atoms with Crippen molar-refractivity contribution in [2.24, 2.45) is 0 Å². The summed E-state index contributed by atoms with van der Waals surface area (Å²) in [6.45, 7) is 6.89. The van der Waals surface area contributed by atoms with Crippen molar-refractivity contribution in [2.45, 2.75) is 38.6 Å². The summed E-state index contributed by atoms with van der Waals surface area (Å²) < 4.78 is 45.5. The monoisotopic (exact) mass is 710 g/mol. The number of fused-ring (bicyclic) bond motifs is 1. The van der Waals surface area contributed by atoms with Gasteiger partial charge in [-0.05, 0) is 86.1 Å². The number of rotatable bonds is 13. The van der Waals surface area contributed by atoms with Gasteiger partial charge in [0.2, 0.25) is 0 Å². The van der Waals surface area contributed by atoms with Crippen LogP contribution in [0.4, 0.5) is 20.2 Å². The van der Waals surface area contributed by atoms with E-state index in [1.54, 1.807) is 29.1 Å². The fourth-order valence-corrected chi connectivity index (χ4v) is 6.30. The van der Waals surface area contributed by atoms with E-state index in [4.69, 9.17) is 9.47 Å². The Morgan fingerprint density at radius 3 is 2.17 bits per heavy atom. The molecule has 0 saturated carbocycles. The normalized spacial score (nSPS) is 15.2. The Balaban J connectivity index is 0.955. The van der Waals surface area contributed by atoms with E-state index in [9.17, 15) is 14.3 Å². The number of benzene rings is 4. The van der Waals surface area contributed by atoms with Crippen LogP contribution in [0.2, 0.25) is 0 Å². The zero-order valence-electron chi connectivity index (χ0n) is 28.9. The fourth-order valence-electron chi connectivity index (χ4n) is 6.30. The van der Waals surface area contributed by atoms with Crippen molar-refractivity contribution in [3.63, 3.8) is 0 Å². The Bertz CT molecular complexity index is 2160. The first kappa shape index (κ1) is 34.8. The number of para-hydroxylation sites is 1. The third-order valence-corrected chi connectivity index (χ3v) is 9.49. The second kappa shape index (κ2) is 15.3. The van der Waals surface area contributed by atoms with Crippen LogP contribution in [0.25, 0.3) is 16.7 Å². The van der Waals surface area contributed by atoms with E-state index in [0.29, 0.717) is 16.8 Å². The summed E-state index contributed by atoms with van der Waals surface area (Å²) >= 11 is 0. The quantitative estimate of drug-likeness (QED) is 0.169. The molecule has 1 unspecified atom stereocenters. The van der Waals surface area contributed by atoms with Gasteiger partial charge in [0, 0.05) is 55.2 Å². The van der Waals surface area contributed by atoms with Crippen molar-refractivity contribution >= 4 is 22.4 Å². The number of nitrogens with zero attached hydrogens (tertiary/aromatic N) is 8. The first-order valence-corrected chi connectivity index (χ1v) is 17.3. The van der Waals surface area contributed by atoms with Gasteiger partial charge in [-0.15, -0.1) is 5.10 Å². The smallest absolute Gasteiger partial charge is 0.350 e. The highest BCUT2D eigenvalue weighted by molar-refractivity contribution is 5.74. The van der Waals surface area contributed by atoms with Crippen LogP contribution in [0.3, 0.4) is 0 Å². The molecule has 4 aromatic carbocycles. The van der Waals surface area contributed by atoms with Gasteiger partial charge in [0.05, 0.1) is 17.8 Å². The number of anilines is 2. The molecule has 1 saturated heterocycles. The molecule has 14 heteroatoms. The molecule has 1 N–H and O–H groups in total. The van der Waals surface area contributed by atoms with Gasteiger partial charge in [-0.1, -0.05) is 24.3 Å². The Hall–Kier alpha value is -5.60. The summed E-state index contributed by atoms with van der Waals surface area (Å²) in [6, 6.07) is 26.1. The van der Waals surface area contributed by atoms with Crippen molar-refractivity contribution in [1.29, 1.82) is 0 Å². The van der Waals surface area contributed by atoms with Gasteiger partial charge in [-0.3, -0.25) is 4.57 Å². The molecule has 1 fully saturated rings. The lowest BCUT2D eigenvalue weighted by Gasteiger charge is -2.37. The van der Waals surface area contributed by atoms with E-state index < -0.39 is 30.6 Å². The lowest BCUT2D eigenvalue weighted by atomic mass is 10.1. The van der Waals surface area contributed by atoms with Crippen molar-refractivity contribution in [3.05, 3.63) is 125 Å². The van der Waals surface area contributed by atoms with Crippen LogP contribution in [-0.2, 0) is 4.74 Å². The second-order valence-corrected chi connectivity index (χ2v) is 12.8. The van der Waals surface area contributed by atoms with Crippen LogP contribution >= 0.6 is 0 Å². The molecule has 52 heavy (non-hydrogen) atoms. The maximum Gasteiger partial charge on any atom is 0.350 e. The van der Waals surface area contributed by atoms with E-state index >= 15 is 4.39 Å². The van der Waals surface area contributed by atoms with Crippen molar-refractivity contribution in [1.82, 2.24) is 29.3 Å². The summed E-state index contributed by atoms with van der Waals surface area (Å²) in [7, 11) is 0. The summed E-state index contributed by atoms with van der Waals surface area (Å²) in [5.74, 6) is -0.952. The number of hydrogen-bond donors (Lipinski definition) is 1. The molecule has 7 rings (SSSR count). The molecule has 2 aromatic heterocycles. The van der Waals surface area contributed by atoms with E-state index in [2.05, 4.69) is 25.2 Å². The first-order valence-electron chi connectivity index (χ1n) is 17.3. The molecule has 0 bridgehead atoms. The van der Waals surface area contributed by atoms with Crippen molar-refractivity contribution in [3.8, 4) is 11.4 Å². The van der Waals surface area contributed by atoms with Crippen LogP contribution in [0.5, 0.6) is 5.75 Å². The molecule has 0 amide bonds. The third kappa shape index (κ3) is 7.25. The zero-order chi connectivity index (χ0) is 36.2. The van der Waals surface area contributed by atoms with Crippen molar-refractivity contribution < 1.29 is 23.4 Å². The molecule has 0 aliphatic carbocycles. The molecule has 6 aromatic rings. The van der Waals surface area contributed by atoms with E-state index in [0.717, 1.165) is 61.8 Å². The van der Waals surface area contributed by atoms with Gasteiger partial charge in [0.15, 0.2) is 6.23 Å². The largest absolute Gasteiger partial charge is 0.491 e. The summed E-state index contributed by atoms with van der Waals surface area (Å²) in [4.78, 5) is 17.4. The third-order valence-electron chi connectivity index (χ3n) is 9.49. The van der Waals surface area contributed by atoms with Crippen LogP contribution < -0.4 is 20.2 Å². The Morgan fingerprint density at radius 1 is 0.865 bits per heavy atom. The van der Waals surface area contributed by atoms with Gasteiger partial charge in [0.25, 0.3) is 0 Å². The van der Waals surface area contributed by atoms with E-state index in [-0.39, 0.29) is 23.9 Å². The minimum absolute atomic E-state index is 0.0341. The minimum Gasteiger partial charge on any atom is -0.491 e. The van der Waals surface area contributed by atoms with Crippen LogP contribution in [0.15, 0.2) is 102 Å². The van der Waals surface area contributed by atoms with Crippen molar-refractivity contribution in [2.75, 3.05) is 49.2 Å². The Kier molecular flexibility index (Phi) is 10.3. The number of aliphatic hydroxyl groups is 1. The van der Waals surface area contributed by atoms with Gasteiger partial charge >= 0.3 is 5.69 Å².